The third-order valence-electron chi connectivity index (χ3n) is 4.01. The lowest BCUT2D eigenvalue weighted by Crippen LogP contribution is -2.42. The summed E-state index contributed by atoms with van der Waals surface area (Å²) in [6, 6.07) is 11.3. The minimum atomic E-state index is -0.438. The van der Waals surface area contributed by atoms with Crippen LogP contribution in [0, 0.1) is 12.7 Å². The molecule has 2 aromatic rings. The lowest BCUT2D eigenvalue weighted by atomic mass is 9.89. The summed E-state index contributed by atoms with van der Waals surface area (Å²) in [5.74, 6) is 0.261. The zero-order valence-electron chi connectivity index (χ0n) is 14.0. The van der Waals surface area contributed by atoms with Crippen molar-refractivity contribution < 1.29 is 13.9 Å². The van der Waals surface area contributed by atoms with Crippen LogP contribution in [0.5, 0.6) is 5.75 Å². The Morgan fingerprint density at radius 1 is 1.25 bits per heavy atom. The zero-order valence-corrected chi connectivity index (χ0v) is 14.0. The maximum Gasteiger partial charge on any atom is 0.319 e. The van der Waals surface area contributed by atoms with Crippen molar-refractivity contribution in [1.82, 2.24) is 5.32 Å². The molecule has 0 unspecified atom stereocenters. The molecule has 1 aliphatic heterocycles. The Bertz CT molecular complexity index is 774. The molecular formula is C19H21FN2O2. The molecule has 2 aromatic carbocycles. The van der Waals surface area contributed by atoms with Crippen molar-refractivity contribution in [2.24, 2.45) is 0 Å². The van der Waals surface area contributed by atoms with Crippen LogP contribution in [0.2, 0.25) is 0 Å². The van der Waals surface area contributed by atoms with E-state index in [4.69, 9.17) is 4.74 Å². The van der Waals surface area contributed by atoms with Gasteiger partial charge < -0.3 is 15.4 Å². The molecule has 1 atom stereocenters. The fourth-order valence-electron chi connectivity index (χ4n) is 3.00. The summed E-state index contributed by atoms with van der Waals surface area (Å²) in [4.78, 5) is 12.3. The Labute approximate surface area is 141 Å². The van der Waals surface area contributed by atoms with Crippen LogP contribution in [-0.2, 0) is 0 Å². The number of hydrogen-bond donors (Lipinski definition) is 2. The molecule has 24 heavy (non-hydrogen) atoms. The number of carbonyl (C=O) groups is 1. The fraction of sp³-hybridized carbons (Fsp3) is 0.316. The van der Waals surface area contributed by atoms with E-state index in [9.17, 15) is 9.18 Å². The second-order valence-corrected chi connectivity index (χ2v) is 6.77. The number of hydrogen-bond acceptors (Lipinski definition) is 2. The molecule has 1 aliphatic rings. The second kappa shape index (κ2) is 6.15. The topological polar surface area (TPSA) is 50.4 Å². The molecule has 2 N–H and O–H groups in total. The average Bonchev–Trinajstić information content (AvgIpc) is 2.47. The number of anilines is 1. The monoisotopic (exact) mass is 328 g/mol. The van der Waals surface area contributed by atoms with Crippen molar-refractivity contribution in [3.8, 4) is 5.75 Å². The second-order valence-electron chi connectivity index (χ2n) is 6.77. The zero-order chi connectivity index (χ0) is 17.3. The first kappa shape index (κ1) is 16.3. The molecule has 0 aromatic heterocycles. The van der Waals surface area contributed by atoms with Gasteiger partial charge in [-0.3, -0.25) is 0 Å². The molecule has 0 bridgehead atoms. The lowest BCUT2D eigenvalue weighted by molar-refractivity contribution is 0.0680. The number of amides is 2. The van der Waals surface area contributed by atoms with E-state index in [1.807, 2.05) is 45.0 Å². The van der Waals surface area contributed by atoms with Crippen molar-refractivity contribution in [3.63, 3.8) is 0 Å². The van der Waals surface area contributed by atoms with Gasteiger partial charge in [-0.25, -0.2) is 9.18 Å². The smallest absolute Gasteiger partial charge is 0.319 e. The first-order chi connectivity index (χ1) is 11.3. The first-order valence-corrected chi connectivity index (χ1v) is 7.95. The van der Waals surface area contributed by atoms with E-state index in [2.05, 4.69) is 10.6 Å². The molecule has 3 rings (SSSR count). The highest BCUT2D eigenvalue weighted by atomic mass is 19.1. The van der Waals surface area contributed by atoms with Crippen molar-refractivity contribution in [1.29, 1.82) is 0 Å². The average molecular weight is 328 g/mol. The molecule has 0 aliphatic carbocycles. The van der Waals surface area contributed by atoms with Gasteiger partial charge in [0.25, 0.3) is 0 Å². The standard InChI is InChI=1S/C19H21FN2O2/c1-12-5-4-6-14(9-12)21-18(23)22-16-11-19(2,3)24-17-8-7-13(20)10-15(16)17/h4-10,16H,11H2,1-3H3,(H2,21,22,23)/t16-/m1/s1. The number of carbonyl (C=O) groups excluding carboxylic acids is 1. The van der Waals surface area contributed by atoms with Crippen LogP contribution in [0.25, 0.3) is 0 Å². The molecule has 5 heteroatoms. The van der Waals surface area contributed by atoms with E-state index < -0.39 is 5.60 Å². The van der Waals surface area contributed by atoms with Gasteiger partial charge in [-0.2, -0.15) is 0 Å². The van der Waals surface area contributed by atoms with Gasteiger partial charge in [0.05, 0.1) is 6.04 Å². The largest absolute Gasteiger partial charge is 0.487 e. The molecule has 0 spiro atoms. The summed E-state index contributed by atoms with van der Waals surface area (Å²) in [7, 11) is 0. The lowest BCUT2D eigenvalue weighted by Gasteiger charge is -2.37. The molecular weight excluding hydrogens is 307 g/mol. The predicted octanol–water partition coefficient (Wildman–Crippen LogP) is 4.56. The number of nitrogens with one attached hydrogen (secondary N) is 2. The molecule has 0 fully saturated rings. The van der Waals surface area contributed by atoms with Crippen LogP contribution in [0.15, 0.2) is 42.5 Å². The van der Waals surface area contributed by atoms with Gasteiger partial charge in [0.15, 0.2) is 0 Å². The number of rotatable bonds is 2. The quantitative estimate of drug-likeness (QED) is 0.849. The van der Waals surface area contributed by atoms with Gasteiger partial charge in [0.1, 0.15) is 17.2 Å². The maximum atomic E-state index is 13.6. The van der Waals surface area contributed by atoms with E-state index in [-0.39, 0.29) is 17.9 Å². The minimum absolute atomic E-state index is 0.316. The van der Waals surface area contributed by atoms with Crippen LogP contribution in [0.3, 0.4) is 0 Å². The van der Waals surface area contributed by atoms with Gasteiger partial charge in [-0.05, 0) is 56.7 Å². The van der Waals surface area contributed by atoms with E-state index in [0.29, 0.717) is 17.7 Å². The van der Waals surface area contributed by atoms with Crippen LogP contribution in [0.1, 0.15) is 37.4 Å². The SMILES string of the molecule is Cc1cccc(NC(=O)N[C@@H]2CC(C)(C)Oc3ccc(F)cc32)c1. The molecule has 126 valence electrons. The van der Waals surface area contributed by atoms with Crippen molar-refractivity contribution in [2.75, 3.05) is 5.32 Å². The van der Waals surface area contributed by atoms with Crippen molar-refractivity contribution >= 4 is 11.7 Å². The normalized spacial score (nSPS) is 18.2. The number of halogens is 1. The van der Waals surface area contributed by atoms with Gasteiger partial charge in [0, 0.05) is 17.7 Å². The molecule has 4 nitrogen and oxygen atoms in total. The highest BCUT2D eigenvalue weighted by Crippen LogP contribution is 2.39. The van der Waals surface area contributed by atoms with Crippen LogP contribution in [0.4, 0.5) is 14.9 Å². The number of urea groups is 1. The Balaban J connectivity index is 1.79. The molecule has 0 saturated heterocycles. The van der Waals surface area contributed by atoms with Gasteiger partial charge in [-0.15, -0.1) is 0 Å². The van der Waals surface area contributed by atoms with Gasteiger partial charge >= 0.3 is 6.03 Å². The first-order valence-electron chi connectivity index (χ1n) is 7.95. The molecule has 0 saturated carbocycles. The summed E-state index contributed by atoms with van der Waals surface area (Å²) in [6.45, 7) is 5.86. The number of fused-ring (bicyclic) bond motifs is 1. The minimum Gasteiger partial charge on any atom is -0.487 e. The third-order valence-corrected chi connectivity index (χ3v) is 4.01. The summed E-state index contributed by atoms with van der Waals surface area (Å²) < 4.78 is 19.5. The number of benzene rings is 2. The third kappa shape index (κ3) is 3.67. The van der Waals surface area contributed by atoms with Crippen molar-refractivity contribution in [2.45, 2.75) is 38.8 Å². The van der Waals surface area contributed by atoms with E-state index in [0.717, 1.165) is 11.3 Å². The Hall–Kier alpha value is -2.56. The van der Waals surface area contributed by atoms with Crippen LogP contribution in [-0.4, -0.2) is 11.6 Å². The summed E-state index contributed by atoms with van der Waals surface area (Å²) >= 11 is 0. The Morgan fingerprint density at radius 2 is 2.04 bits per heavy atom. The van der Waals surface area contributed by atoms with E-state index in [1.54, 1.807) is 6.07 Å². The summed E-state index contributed by atoms with van der Waals surface area (Å²) in [6.07, 6.45) is 0.560. The van der Waals surface area contributed by atoms with Crippen LogP contribution < -0.4 is 15.4 Å². The highest BCUT2D eigenvalue weighted by molar-refractivity contribution is 5.89. The molecule has 0 radical (unpaired) electrons. The number of aryl methyl sites for hydroxylation is 1. The van der Waals surface area contributed by atoms with Crippen LogP contribution >= 0.6 is 0 Å². The van der Waals surface area contributed by atoms with Gasteiger partial charge in [-0.1, -0.05) is 12.1 Å². The van der Waals surface area contributed by atoms with E-state index in [1.165, 1.54) is 12.1 Å². The highest BCUT2D eigenvalue weighted by Gasteiger charge is 2.34. The summed E-state index contributed by atoms with van der Waals surface area (Å²) in [5, 5.41) is 5.75. The number of ether oxygens (including phenoxy) is 1. The fourth-order valence-corrected chi connectivity index (χ4v) is 3.00. The predicted molar refractivity (Wildman–Crippen MR) is 91.8 cm³/mol. The Kier molecular flexibility index (Phi) is 4.18. The maximum absolute atomic E-state index is 13.6. The molecule has 1 heterocycles. The molecule has 2 amide bonds. The Morgan fingerprint density at radius 3 is 2.79 bits per heavy atom. The van der Waals surface area contributed by atoms with Crippen molar-refractivity contribution in [3.05, 3.63) is 59.4 Å². The summed E-state index contributed by atoms with van der Waals surface area (Å²) in [5.41, 5.74) is 2.01. The van der Waals surface area contributed by atoms with E-state index >= 15 is 0 Å². The van der Waals surface area contributed by atoms with Gasteiger partial charge in [0.2, 0.25) is 0 Å².